The molecular weight excluding hydrogens is 440 g/mol. The topological polar surface area (TPSA) is 81.1 Å². The van der Waals surface area contributed by atoms with Crippen LogP contribution in [0.3, 0.4) is 0 Å². The van der Waals surface area contributed by atoms with E-state index >= 15 is 0 Å². The maximum atomic E-state index is 5.81. The summed E-state index contributed by atoms with van der Waals surface area (Å²) in [6.45, 7) is 10.4. The van der Waals surface area contributed by atoms with Crippen molar-refractivity contribution in [3.63, 3.8) is 0 Å². The number of thiazole rings is 1. The lowest BCUT2D eigenvalue weighted by atomic mass is 9.95. The minimum atomic E-state index is 0.551. The first kappa shape index (κ1) is 25.6. The third kappa shape index (κ3) is 7.50. The van der Waals surface area contributed by atoms with Crippen LogP contribution in [-0.4, -0.2) is 32.7 Å². The number of rotatable bonds is 3. The number of nitrogens with two attached hydrogens (primary N) is 1. The first-order valence-electron chi connectivity index (χ1n) is 11.8. The zero-order chi connectivity index (χ0) is 24.3. The van der Waals surface area contributed by atoms with Crippen molar-refractivity contribution in [2.75, 3.05) is 18.8 Å². The quantitative estimate of drug-likeness (QED) is 0.366. The molecule has 0 amide bonds. The molecule has 7 heteroatoms. The van der Waals surface area contributed by atoms with E-state index in [0.29, 0.717) is 11.7 Å². The van der Waals surface area contributed by atoms with Gasteiger partial charge in [0.05, 0.1) is 5.01 Å². The van der Waals surface area contributed by atoms with Gasteiger partial charge in [-0.3, -0.25) is 0 Å². The van der Waals surface area contributed by atoms with Crippen molar-refractivity contribution < 1.29 is 0 Å². The van der Waals surface area contributed by atoms with Gasteiger partial charge in [0.25, 0.3) is 0 Å². The fourth-order valence-electron chi connectivity index (χ4n) is 3.65. The zero-order valence-electron chi connectivity index (χ0n) is 20.7. The Bertz CT molecular complexity index is 1170. The van der Waals surface area contributed by atoms with Crippen LogP contribution < -0.4 is 11.1 Å². The van der Waals surface area contributed by atoms with Crippen LogP contribution in [0.1, 0.15) is 61.5 Å². The average molecular weight is 477 g/mol. The third-order valence-corrected chi connectivity index (χ3v) is 6.68. The third-order valence-electron chi connectivity index (χ3n) is 5.71. The van der Waals surface area contributed by atoms with Crippen molar-refractivity contribution in [2.45, 2.75) is 52.9 Å². The number of nitrogens with zero attached hydrogens (tertiary/aromatic N) is 4. The predicted molar refractivity (Wildman–Crippen MR) is 143 cm³/mol. The van der Waals surface area contributed by atoms with Crippen LogP contribution >= 0.6 is 11.3 Å². The summed E-state index contributed by atoms with van der Waals surface area (Å²) in [5.74, 6) is 1.13. The molecule has 3 aromatic heterocycles. The Hall–Kier alpha value is -3.03. The van der Waals surface area contributed by atoms with Crippen LogP contribution in [0.2, 0.25) is 0 Å². The van der Waals surface area contributed by atoms with E-state index in [2.05, 4.69) is 76.0 Å². The number of benzene rings is 1. The summed E-state index contributed by atoms with van der Waals surface area (Å²) >= 11 is 1.73. The molecule has 180 valence electrons. The fourth-order valence-corrected chi connectivity index (χ4v) is 4.46. The van der Waals surface area contributed by atoms with Crippen LogP contribution in [0.5, 0.6) is 0 Å². The molecular formula is C27H36N6S. The summed E-state index contributed by atoms with van der Waals surface area (Å²) in [7, 11) is 0. The highest BCUT2D eigenvalue weighted by molar-refractivity contribution is 7.09. The summed E-state index contributed by atoms with van der Waals surface area (Å²) in [5.41, 5.74) is 11.8. The summed E-state index contributed by atoms with van der Waals surface area (Å²) in [6, 6.07) is 14.6. The molecule has 3 N–H and O–H groups in total. The van der Waals surface area contributed by atoms with Gasteiger partial charge in [-0.15, -0.1) is 11.3 Å². The SMILES string of the molecule is CC=C(C)C.Cc1csc(Cc2ccccc2)n1.Nc1ncnn2c(C3CCNCC3)ccc12. The standard InChI is InChI=1S/C11H15N5.C11H11NS.C5H10/c12-11-10-2-1-9(16(10)15-7-14-11)8-3-5-13-6-4-8;1-9-8-13-11(12-9)7-10-5-3-2-4-6-10;1-4-5(2)3/h1-2,7-8,13H,3-6H2,(H2,12,14,15);2-6,8H,7H2,1H3;4H,1-3H3. The highest BCUT2D eigenvalue weighted by Crippen LogP contribution is 2.27. The number of nitrogens with one attached hydrogen (secondary N) is 1. The molecule has 1 aliphatic heterocycles. The van der Waals surface area contributed by atoms with Crippen LogP contribution in [0, 0.1) is 6.92 Å². The van der Waals surface area contributed by atoms with E-state index in [9.17, 15) is 0 Å². The van der Waals surface area contributed by atoms with Gasteiger partial charge < -0.3 is 11.1 Å². The zero-order valence-corrected chi connectivity index (χ0v) is 21.5. The Morgan fingerprint density at radius 2 is 1.85 bits per heavy atom. The van der Waals surface area contributed by atoms with Crippen LogP contribution in [0.25, 0.3) is 5.52 Å². The summed E-state index contributed by atoms with van der Waals surface area (Å²) in [5, 5.41) is 10.9. The van der Waals surface area contributed by atoms with Crippen LogP contribution in [-0.2, 0) is 6.42 Å². The van der Waals surface area contributed by atoms with E-state index in [1.807, 2.05) is 30.5 Å². The number of nitrogen functional groups attached to an aromatic ring is 1. The maximum Gasteiger partial charge on any atom is 0.151 e. The van der Waals surface area contributed by atoms with Crippen molar-refractivity contribution in [3.05, 3.63) is 87.8 Å². The molecule has 0 radical (unpaired) electrons. The number of anilines is 1. The van der Waals surface area contributed by atoms with E-state index in [1.54, 1.807) is 11.3 Å². The number of piperidine rings is 1. The largest absolute Gasteiger partial charge is 0.382 e. The molecule has 0 bridgehead atoms. The minimum absolute atomic E-state index is 0.551. The Kier molecular flexibility index (Phi) is 9.79. The number of hydrogen-bond acceptors (Lipinski definition) is 6. The van der Waals surface area contributed by atoms with Crippen LogP contribution in [0.4, 0.5) is 5.82 Å². The molecule has 0 atom stereocenters. The second-order valence-electron chi connectivity index (χ2n) is 8.64. The average Bonchev–Trinajstić information content (AvgIpc) is 3.48. The first-order valence-corrected chi connectivity index (χ1v) is 12.7. The normalized spacial score (nSPS) is 13.4. The molecule has 0 unspecified atom stereocenters. The second kappa shape index (κ2) is 13.0. The molecule has 0 spiro atoms. The number of fused-ring (bicyclic) bond motifs is 1. The van der Waals surface area contributed by atoms with E-state index in [0.717, 1.165) is 43.6 Å². The molecule has 4 aromatic rings. The van der Waals surface area contributed by atoms with Gasteiger partial charge in [-0.2, -0.15) is 5.10 Å². The van der Waals surface area contributed by atoms with Gasteiger partial charge in [-0.25, -0.2) is 14.5 Å². The fraction of sp³-hybridized carbons (Fsp3) is 0.370. The molecule has 4 heterocycles. The molecule has 34 heavy (non-hydrogen) atoms. The van der Waals surface area contributed by atoms with Gasteiger partial charge >= 0.3 is 0 Å². The Balaban J connectivity index is 0.000000162. The number of aromatic nitrogens is 4. The van der Waals surface area contributed by atoms with Gasteiger partial charge in [0.15, 0.2) is 5.82 Å². The van der Waals surface area contributed by atoms with Crippen molar-refractivity contribution in [1.82, 2.24) is 24.9 Å². The molecule has 0 saturated carbocycles. The lowest BCUT2D eigenvalue weighted by molar-refractivity contribution is 0.448. The highest BCUT2D eigenvalue weighted by atomic mass is 32.1. The summed E-state index contributed by atoms with van der Waals surface area (Å²) in [6.07, 6.45) is 6.89. The highest BCUT2D eigenvalue weighted by Gasteiger charge is 2.19. The van der Waals surface area contributed by atoms with Gasteiger partial charge in [0.1, 0.15) is 11.8 Å². The van der Waals surface area contributed by atoms with Crippen LogP contribution in [0.15, 0.2) is 65.8 Å². The first-order chi connectivity index (χ1) is 16.5. The number of hydrogen-bond donors (Lipinski definition) is 2. The smallest absolute Gasteiger partial charge is 0.151 e. The molecule has 0 aliphatic carbocycles. The summed E-state index contributed by atoms with van der Waals surface area (Å²) < 4.78 is 1.93. The number of allylic oxidation sites excluding steroid dienone is 2. The monoisotopic (exact) mass is 476 g/mol. The minimum Gasteiger partial charge on any atom is -0.382 e. The lowest BCUT2D eigenvalue weighted by Crippen LogP contribution is -2.27. The Morgan fingerprint density at radius 1 is 1.15 bits per heavy atom. The molecule has 5 rings (SSSR count). The predicted octanol–water partition coefficient (Wildman–Crippen LogP) is 5.79. The van der Waals surface area contributed by atoms with E-state index in [1.165, 1.54) is 28.2 Å². The molecule has 1 saturated heterocycles. The second-order valence-corrected chi connectivity index (χ2v) is 9.58. The van der Waals surface area contributed by atoms with Crippen molar-refractivity contribution >= 4 is 22.7 Å². The Morgan fingerprint density at radius 3 is 2.47 bits per heavy atom. The van der Waals surface area contributed by atoms with E-state index in [-0.39, 0.29) is 0 Å². The molecule has 1 fully saturated rings. The maximum absolute atomic E-state index is 5.81. The molecule has 1 aliphatic rings. The Labute approximate surface area is 207 Å². The van der Waals surface area contributed by atoms with Gasteiger partial charge in [-0.05, 0) is 71.3 Å². The van der Waals surface area contributed by atoms with Gasteiger partial charge in [-0.1, -0.05) is 42.0 Å². The molecule has 1 aromatic carbocycles. The van der Waals surface area contributed by atoms with Crippen molar-refractivity contribution in [2.24, 2.45) is 0 Å². The number of aryl methyl sites for hydroxylation is 1. The molecule has 6 nitrogen and oxygen atoms in total. The van der Waals surface area contributed by atoms with E-state index < -0.39 is 0 Å². The van der Waals surface area contributed by atoms with Gasteiger partial charge in [0, 0.05) is 29.1 Å². The summed E-state index contributed by atoms with van der Waals surface area (Å²) in [4.78, 5) is 8.42. The van der Waals surface area contributed by atoms with Crippen molar-refractivity contribution in [3.8, 4) is 0 Å². The van der Waals surface area contributed by atoms with Gasteiger partial charge in [0.2, 0.25) is 0 Å². The van der Waals surface area contributed by atoms with E-state index in [4.69, 9.17) is 5.73 Å². The van der Waals surface area contributed by atoms with Crippen molar-refractivity contribution in [1.29, 1.82) is 0 Å². The lowest BCUT2D eigenvalue weighted by Gasteiger charge is -2.22.